The summed E-state index contributed by atoms with van der Waals surface area (Å²) in [6, 6.07) is 21.9. The van der Waals surface area contributed by atoms with E-state index in [1.807, 2.05) is 13.0 Å². The minimum atomic E-state index is -0.811. The van der Waals surface area contributed by atoms with Crippen molar-refractivity contribution < 1.29 is 14.4 Å². The Balaban J connectivity index is 1.43. The first-order chi connectivity index (χ1) is 18.8. The van der Waals surface area contributed by atoms with Crippen LogP contribution < -0.4 is 10.6 Å². The summed E-state index contributed by atoms with van der Waals surface area (Å²) in [6.45, 7) is 2.06. The van der Waals surface area contributed by atoms with Crippen LogP contribution in [-0.4, -0.2) is 33.6 Å². The van der Waals surface area contributed by atoms with Crippen LogP contribution in [0.3, 0.4) is 0 Å². The van der Waals surface area contributed by atoms with Crippen molar-refractivity contribution in [3.8, 4) is 0 Å². The number of carbonyl (C=O) groups is 3. The number of pyridine rings is 1. The van der Waals surface area contributed by atoms with Gasteiger partial charge in [-0.1, -0.05) is 53.5 Å². The molecular weight excluding hydrogens is 535 g/mol. The monoisotopic (exact) mass is 558 g/mol. The molecule has 0 aliphatic carbocycles. The standard InChI is InChI=1S/C30H24Cl2N4O3/c1-18-5-11-22-25(14-18)34-29(38)26(16-20-8-12-23(31)24(32)15-20)36(30(22)39)17-19-6-9-21(10-7-19)28(37)35-27-4-2-3-13-33-27/h2-15,26H,16-17H2,1H3,(H,34,38)(H,33,35,37)/t26-/m1/s1. The Hall–Kier alpha value is -4.20. The van der Waals surface area contributed by atoms with Crippen LogP contribution in [0.2, 0.25) is 10.0 Å². The molecule has 1 atom stereocenters. The number of halogens is 2. The smallest absolute Gasteiger partial charge is 0.256 e. The van der Waals surface area contributed by atoms with Gasteiger partial charge in [0, 0.05) is 24.7 Å². The van der Waals surface area contributed by atoms with Crippen molar-refractivity contribution in [1.29, 1.82) is 0 Å². The Bertz CT molecular complexity index is 1560. The summed E-state index contributed by atoms with van der Waals surface area (Å²) in [7, 11) is 0. The molecule has 0 bridgehead atoms. The van der Waals surface area contributed by atoms with Gasteiger partial charge in [0.15, 0.2) is 0 Å². The van der Waals surface area contributed by atoms with Gasteiger partial charge in [0.05, 0.1) is 21.3 Å². The molecule has 3 aromatic carbocycles. The maximum absolute atomic E-state index is 13.8. The second kappa shape index (κ2) is 11.3. The molecule has 2 N–H and O–H groups in total. The van der Waals surface area contributed by atoms with E-state index in [9.17, 15) is 14.4 Å². The fraction of sp³-hybridized carbons (Fsp3) is 0.133. The summed E-state index contributed by atoms with van der Waals surface area (Å²) >= 11 is 12.3. The number of hydrogen-bond donors (Lipinski definition) is 2. The lowest BCUT2D eigenvalue weighted by molar-refractivity contribution is -0.120. The van der Waals surface area contributed by atoms with Gasteiger partial charge in [0.2, 0.25) is 5.91 Å². The Kier molecular flexibility index (Phi) is 7.63. The van der Waals surface area contributed by atoms with Crippen LogP contribution in [0.1, 0.15) is 37.4 Å². The summed E-state index contributed by atoms with van der Waals surface area (Å²) in [5, 5.41) is 6.47. The van der Waals surface area contributed by atoms with E-state index < -0.39 is 6.04 Å². The largest absolute Gasteiger partial charge is 0.324 e. The molecule has 3 amide bonds. The summed E-state index contributed by atoms with van der Waals surface area (Å²) in [5.41, 5.74) is 3.80. The quantitative estimate of drug-likeness (QED) is 0.296. The van der Waals surface area contributed by atoms with Crippen molar-refractivity contribution in [3.05, 3.63) is 123 Å². The third-order valence-electron chi connectivity index (χ3n) is 6.49. The Morgan fingerprint density at radius 2 is 1.72 bits per heavy atom. The lowest BCUT2D eigenvalue weighted by Gasteiger charge is -2.29. The molecule has 0 fully saturated rings. The van der Waals surface area contributed by atoms with Gasteiger partial charge in [-0.05, 0) is 72.1 Å². The minimum Gasteiger partial charge on any atom is -0.324 e. The first-order valence-corrected chi connectivity index (χ1v) is 13.0. The molecule has 0 saturated carbocycles. The zero-order valence-corrected chi connectivity index (χ0v) is 22.5. The minimum absolute atomic E-state index is 0.160. The van der Waals surface area contributed by atoms with Crippen LogP contribution >= 0.6 is 23.2 Å². The van der Waals surface area contributed by atoms with Gasteiger partial charge in [0.1, 0.15) is 11.9 Å². The lowest BCUT2D eigenvalue weighted by Crippen LogP contribution is -2.46. The Labute approximate surface area is 235 Å². The zero-order chi connectivity index (χ0) is 27.5. The van der Waals surface area contributed by atoms with E-state index in [0.29, 0.717) is 32.7 Å². The lowest BCUT2D eigenvalue weighted by atomic mass is 10.0. The molecule has 0 spiro atoms. The van der Waals surface area contributed by atoms with E-state index in [1.54, 1.807) is 83.9 Å². The van der Waals surface area contributed by atoms with E-state index in [-0.39, 0.29) is 30.7 Å². The molecule has 1 aromatic heterocycles. The maximum atomic E-state index is 13.8. The maximum Gasteiger partial charge on any atom is 0.256 e. The molecule has 7 nitrogen and oxygen atoms in total. The zero-order valence-electron chi connectivity index (χ0n) is 20.9. The van der Waals surface area contributed by atoms with E-state index >= 15 is 0 Å². The van der Waals surface area contributed by atoms with Gasteiger partial charge in [-0.15, -0.1) is 0 Å². The van der Waals surface area contributed by atoms with E-state index in [1.165, 1.54) is 0 Å². The molecule has 2 heterocycles. The van der Waals surface area contributed by atoms with Crippen LogP contribution in [0.15, 0.2) is 85.1 Å². The number of carbonyl (C=O) groups excluding carboxylic acids is 3. The average Bonchev–Trinajstić information content (AvgIpc) is 3.01. The molecule has 5 rings (SSSR count). The first kappa shape index (κ1) is 26.4. The highest BCUT2D eigenvalue weighted by atomic mass is 35.5. The third-order valence-corrected chi connectivity index (χ3v) is 7.23. The van der Waals surface area contributed by atoms with E-state index in [0.717, 1.165) is 16.7 Å². The number of hydrogen-bond acceptors (Lipinski definition) is 4. The SMILES string of the molecule is Cc1ccc2c(c1)NC(=O)[C@@H](Cc1ccc(Cl)c(Cl)c1)N(Cc1ccc(C(=O)Nc3ccccn3)cc1)C2=O. The predicted octanol–water partition coefficient (Wildman–Crippen LogP) is 6.15. The van der Waals surface area contributed by atoms with Crippen LogP contribution in [-0.2, 0) is 17.8 Å². The van der Waals surface area contributed by atoms with Gasteiger partial charge in [0.25, 0.3) is 11.8 Å². The highest BCUT2D eigenvalue weighted by Gasteiger charge is 2.35. The van der Waals surface area contributed by atoms with Crippen LogP contribution in [0, 0.1) is 6.92 Å². The Morgan fingerprint density at radius 1 is 0.949 bits per heavy atom. The summed E-state index contributed by atoms with van der Waals surface area (Å²) in [6.07, 6.45) is 1.84. The molecule has 1 aliphatic rings. The van der Waals surface area contributed by atoms with Crippen LogP contribution in [0.25, 0.3) is 0 Å². The molecule has 1 aliphatic heterocycles. The number of nitrogens with zero attached hydrogens (tertiary/aromatic N) is 2. The number of anilines is 2. The van der Waals surface area contributed by atoms with Gasteiger partial charge in [-0.2, -0.15) is 0 Å². The summed E-state index contributed by atoms with van der Waals surface area (Å²) < 4.78 is 0. The number of rotatable bonds is 6. The molecule has 39 heavy (non-hydrogen) atoms. The van der Waals surface area contributed by atoms with Crippen molar-refractivity contribution >= 4 is 52.4 Å². The third kappa shape index (κ3) is 5.95. The fourth-order valence-electron chi connectivity index (χ4n) is 4.46. The molecule has 196 valence electrons. The van der Waals surface area contributed by atoms with Crippen LogP contribution in [0.4, 0.5) is 11.5 Å². The number of aryl methyl sites for hydroxylation is 1. The molecule has 9 heteroatoms. The van der Waals surface area contributed by atoms with Gasteiger partial charge in [-0.25, -0.2) is 4.98 Å². The second-order valence-electron chi connectivity index (χ2n) is 9.31. The molecule has 0 radical (unpaired) electrons. The number of benzene rings is 3. The summed E-state index contributed by atoms with van der Waals surface area (Å²) in [5.74, 6) is -0.422. The van der Waals surface area contributed by atoms with Gasteiger partial charge in [-0.3, -0.25) is 14.4 Å². The summed E-state index contributed by atoms with van der Waals surface area (Å²) in [4.78, 5) is 45.6. The molecular formula is C30H24Cl2N4O3. The average molecular weight is 559 g/mol. The topological polar surface area (TPSA) is 91.4 Å². The van der Waals surface area contributed by atoms with Crippen molar-refractivity contribution in [1.82, 2.24) is 9.88 Å². The normalized spacial score (nSPS) is 14.8. The number of amides is 3. The first-order valence-electron chi connectivity index (χ1n) is 12.3. The van der Waals surface area contributed by atoms with E-state index in [2.05, 4.69) is 15.6 Å². The van der Waals surface area contributed by atoms with Gasteiger partial charge >= 0.3 is 0 Å². The molecule has 0 unspecified atom stereocenters. The van der Waals surface area contributed by atoms with Crippen molar-refractivity contribution in [2.24, 2.45) is 0 Å². The highest BCUT2D eigenvalue weighted by Crippen LogP contribution is 2.29. The van der Waals surface area contributed by atoms with Crippen LogP contribution in [0.5, 0.6) is 0 Å². The Morgan fingerprint density at radius 3 is 2.44 bits per heavy atom. The molecule has 0 saturated heterocycles. The van der Waals surface area contributed by atoms with Crippen molar-refractivity contribution in [2.75, 3.05) is 10.6 Å². The highest BCUT2D eigenvalue weighted by molar-refractivity contribution is 6.42. The predicted molar refractivity (Wildman–Crippen MR) is 152 cm³/mol. The van der Waals surface area contributed by atoms with Gasteiger partial charge < -0.3 is 15.5 Å². The number of aromatic nitrogens is 1. The van der Waals surface area contributed by atoms with E-state index in [4.69, 9.17) is 23.2 Å². The molecule has 4 aromatic rings. The second-order valence-corrected chi connectivity index (χ2v) is 10.1. The van der Waals surface area contributed by atoms with Crippen molar-refractivity contribution in [3.63, 3.8) is 0 Å². The number of nitrogens with one attached hydrogen (secondary N) is 2. The van der Waals surface area contributed by atoms with Crippen molar-refractivity contribution in [2.45, 2.75) is 25.9 Å². The number of fused-ring (bicyclic) bond motifs is 1. The fourth-order valence-corrected chi connectivity index (χ4v) is 4.78.